The third-order valence-electron chi connectivity index (χ3n) is 4.76. The molecule has 3 rings (SSSR count). The second-order valence-electron chi connectivity index (χ2n) is 7.13. The summed E-state index contributed by atoms with van der Waals surface area (Å²) >= 11 is 5.76. The van der Waals surface area contributed by atoms with Crippen molar-refractivity contribution in [1.29, 1.82) is 0 Å². The van der Waals surface area contributed by atoms with Crippen molar-refractivity contribution >= 4 is 34.8 Å². The lowest BCUT2D eigenvalue weighted by molar-refractivity contribution is -0.117. The Kier molecular flexibility index (Phi) is 7.01. The van der Waals surface area contributed by atoms with Gasteiger partial charge in [-0.05, 0) is 62.2 Å². The summed E-state index contributed by atoms with van der Waals surface area (Å²) in [7, 11) is 0. The van der Waals surface area contributed by atoms with Gasteiger partial charge in [-0.15, -0.1) is 0 Å². The lowest BCUT2D eigenvalue weighted by atomic mass is 10.1. The molecule has 0 saturated carbocycles. The fraction of sp³-hybridized carbons (Fsp3) is 0.381. The molecule has 0 bridgehead atoms. The minimum atomic E-state index is -0.154. The smallest absolute Gasteiger partial charge is 0.238 e. The van der Waals surface area contributed by atoms with E-state index in [0.717, 1.165) is 37.1 Å². The molecule has 1 aromatic heterocycles. The Labute approximate surface area is 170 Å². The van der Waals surface area contributed by atoms with E-state index in [1.54, 1.807) is 24.4 Å². The van der Waals surface area contributed by atoms with Crippen LogP contribution in [0.15, 0.2) is 36.5 Å². The van der Waals surface area contributed by atoms with Crippen LogP contribution in [-0.4, -0.2) is 41.3 Å². The van der Waals surface area contributed by atoms with E-state index in [0.29, 0.717) is 23.1 Å². The van der Waals surface area contributed by atoms with Crippen molar-refractivity contribution in [2.24, 2.45) is 0 Å². The zero-order valence-electron chi connectivity index (χ0n) is 16.0. The number of pyridine rings is 1. The van der Waals surface area contributed by atoms with E-state index in [4.69, 9.17) is 11.6 Å². The lowest BCUT2D eigenvalue weighted by Gasteiger charge is -2.25. The van der Waals surface area contributed by atoms with Crippen LogP contribution in [-0.2, 0) is 16.0 Å². The van der Waals surface area contributed by atoms with Crippen LogP contribution in [0.25, 0.3) is 0 Å². The number of carbonyl (C=O) groups excluding carboxylic acids is 2. The van der Waals surface area contributed by atoms with Gasteiger partial charge in [0.2, 0.25) is 11.8 Å². The predicted octanol–water partition coefficient (Wildman–Crippen LogP) is 3.65. The maximum absolute atomic E-state index is 12.4. The summed E-state index contributed by atoms with van der Waals surface area (Å²) in [6, 6.07) is 8.94. The summed E-state index contributed by atoms with van der Waals surface area (Å²) in [6.07, 6.45) is 5.33. The first-order valence-corrected chi connectivity index (χ1v) is 9.90. The maximum Gasteiger partial charge on any atom is 0.238 e. The molecule has 0 unspecified atom stereocenters. The molecule has 1 saturated heterocycles. The van der Waals surface area contributed by atoms with Crippen molar-refractivity contribution in [1.82, 2.24) is 9.88 Å². The van der Waals surface area contributed by atoms with Crippen molar-refractivity contribution in [2.75, 3.05) is 30.3 Å². The van der Waals surface area contributed by atoms with Gasteiger partial charge in [0, 0.05) is 17.6 Å². The summed E-state index contributed by atoms with van der Waals surface area (Å²) in [5.41, 5.74) is 3.09. The third-order valence-corrected chi connectivity index (χ3v) is 4.99. The van der Waals surface area contributed by atoms with Crippen LogP contribution in [0.5, 0.6) is 0 Å². The number of hydrogen-bond donors (Lipinski definition) is 2. The monoisotopic (exact) mass is 400 g/mol. The Balaban J connectivity index is 1.58. The van der Waals surface area contributed by atoms with Crippen LogP contribution in [0, 0.1) is 6.92 Å². The SMILES string of the molecule is Cc1ccc(NC(=O)Cc2ccc(Cl)nc2)cc1NC(=O)CN1CCCCC1. The molecule has 0 spiro atoms. The number of nitrogens with one attached hydrogen (secondary N) is 2. The van der Waals surface area contributed by atoms with E-state index in [-0.39, 0.29) is 18.2 Å². The van der Waals surface area contributed by atoms with Crippen molar-refractivity contribution in [2.45, 2.75) is 32.6 Å². The standard InChI is InChI=1S/C21H25ClN4O2/c1-15-5-7-17(24-20(27)11-16-6-8-19(22)23-13-16)12-18(15)25-21(28)14-26-9-3-2-4-10-26/h5-8,12-13H,2-4,9-11,14H2,1H3,(H,24,27)(H,25,28). The van der Waals surface area contributed by atoms with Crippen molar-refractivity contribution in [3.63, 3.8) is 0 Å². The number of benzene rings is 1. The van der Waals surface area contributed by atoms with Gasteiger partial charge < -0.3 is 10.6 Å². The van der Waals surface area contributed by atoms with Crippen molar-refractivity contribution in [3.8, 4) is 0 Å². The van der Waals surface area contributed by atoms with Gasteiger partial charge in [-0.2, -0.15) is 0 Å². The summed E-state index contributed by atoms with van der Waals surface area (Å²) in [5, 5.41) is 6.23. The van der Waals surface area contributed by atoms with Gasteiger partial charge in [0.15, 0.2) is 0 Å². The Bertz CT molecular complexity index is 833. The Hall–Kier alpha value is -2.44. The zero-order valence-corrected chi connectivity index (χ0v) is 16.8. The number of piperidine rings is 1. The molecule has 1 fully saturated rings. The Morgan fingerprint density at radius 3 is 2.57 bits per heavy atom. The quantitative estimate of drug-likeness (QED) is 0.726. The molecule has 0 atom stereocenters. The lowest BCUT2D eigenvalue weighted by Crippen LogP contribution is -2.36. The number of halogens is 1. The molecule has 1 aliphatic rings. The van der Waals surface area contributed by atoms with Gasteiger partial charge in [0.25, 0.3) is 0 Å². The number of anilines is 2. The maximum atomic E-state index is 12.4. The molecule has 7 heteroatoms. The molecular weight excluding hydrogens is 376 g/mol. The molecule has 2 amide bonds. The number of carbonyl (C=O) groups is 2. The van der Waals surface area contributed by atoms with Crippen LogP contribution in [0.3, 0.4) is 0 Å². The number of rotatable bonds is 6. The summed E-state index contributed by atoms with van der Waals surface area (Å²) in [6.45, 7) is 4.28. The van der Waals surface area contributed by atoms with E-state index in [1.807, 2.05) is 19.1 Å². The van der Waals surface area contributed by atoms with Gasteiger partial charge >= 0.3 is 0 Å². The van der Waals surface area contributed by atoms with Crippen molar-refractivity contribution < 1.29 is 9.59 Å². The summed E-state index contributed by atoms with van der Waals surface area (Å²) < 4.78 is 0. The first kappa shape index (κ1) is 20.3. The molecular formula is C21H25ClN4O2. The third kappa shape index (κ3) is 6.04. The van der Waals surface area contributed by atoms with Crippen LogP contribution in [0.1, 0.15) is 30.4 Å². The topological polar surface area (TPSA) is 74.3 Å². The largest absolute Gasteiger partial charge is 0.326 e. The molecule has 148 valence electrons. The molecule has 28 heavy (non-hydrogen) atoms. The van der Waals surface area contributed by atoms with E-state index in [2.05, 4.69) is 20.5 Å². The minimum absolute atomic E-state index is 0.0271. The number of aromatic nitrogens is 1. The number of aryl methyl sites for hydroxylation is 1. The highest BCUT2D eigenvalue weighted by atomic mass is 35.5. The van der Waals surface area contributed by atoms with E-state index in [1.165, 1.54) is 6.42 Å². The second-order valence-corrected chi connectivity index (χ2v) is 7.52. The van der Waals surface area contributed by atoms with E-state index < -0.39 is 0 Å². The fourth-order valence-corrected chi connectivity index (χ4v) is 3.36. The molecule has 6 nitrogen and oxygen atoms in total. The summed E-state index contributed by atoms with van der Waals surface area (Å²) in [4.78, 5) is 30.8. The van der Waals surface area contributed by atoms with Gasteiger partial charge in [-0.3, -0.25) is 14.5 Å². The highest BCUT2D eigenvalue weighted by Crippen LogP contribution is 2.21. The van der Waals surface area contributed by atoms with Gasteiger partial charge in [0.1, 0.15) is 5.15 Å². The highest BCUT2D eigenvalue weighted by molar-refractivity contribution is 6.29. The second kappa shape index (κ2) is 9.66. The zero-order chi connectivity index (χ0) is 19.9. The molecule has 0 aliphatic carbocycles. The highest BCUT2D eigenvalue weighted by Gasteiger charge is 2.15. The average molecular weight is 401 g/mol. The number of likely N-dealkylation sites (tertiary alicyclic amines) is 1. The number of amides is 2. The number of hydrogen-bond acceptors (Lipinski definition) is 4. The van der Waals surface area contributed by atoms with E-state index in [9.17, 15) is 9.59 Å². The molecule has 2 heterocycles. The first-order chi connectivity index (χ1) is 13.5. The Morgan fingerprint density at radius 1 is 1.07 bits per heavy atom. The van der Waals surface area contributed by atoms with E-state index >= 15 is 0 Å². The van der Waals surface area contributed by atoms with Crippen LogP contribution in [0.4, 0.5) is 11.4 Å². The van der Waals surface area contributed by atoms with Gasteiger partial charge in [0.05, 0.1) is 13.0 Å². The Morgan fingerprint density at radius 2 is 1.86 bits per heavy atom. The van der Waals surface area contributed by atoms with Crippen LogP contribution in [0.2, 0.25) is 5.15 Å². The first-order valence-electron chi connectivity index (χ1n) is 9.53. The normalized spacial score (nSPS) is 14.5. The fourth-order valence-electron chi connectivity index (χ4n) is 3.25. The molecule has 2 aromatic rings. The minimum Gasteiger partial charge on any atom is -0.326 e. The molecule has 1 aliphatic heterocycles. The molecule has 2 N–H and O–H groups in total. The van der Waals surface area contributed by atoms with Crippen LogP contribution < -0.4 is 10.6 Å². The van der Waals surface area contributed by atoms with Crippen molar-refractivity contribution in [3.05, 3.63) is 52.8 Å². The predicted molar refractivity (Wildman–Crippen MR) is 112 cm³/mol. The molecule has 1 aromatic carbocycles. The van der Waals surface area contributed by atoms with Gasteiger partial charge in [-0.25, -0.2) is 4.98 Å². The van der Waals surface area contributed by atoms with Crippen LogP contribution >= 0.6 is 11.6 Å². The van der Waals surface area contributed by atoms with Gasteiger partial charge in [-0.1, -0.05) is 30.2 Å². The average Bonchev–Trinajstić information content (AvgIpc) is 2.67. The summed E-state index contributed by atoms with van der Waals surface area (Å²) in [5.74, 6) is -0.181. The molecule has 0 radical (unpaired) electrons. The number of nitrogens with zero attached hydrogens (tertiary/aromatic N) is 2.